The van der Waals surface area contributed by atoms with Gasteiger partial charge in [0.05, 0.1) is 6.33 Å². The second-order valence-electron chi connectivity index (χ2n) is 3.50. The third kappa shape index (κ3) is 2.30. The van der Waals surface area contributed by atoms with E-state index in [9.17, 15) is 4.79 Å². The van der Waals surface area contributed by atoms with Crippen LogP contribution in [0.5, 0.6) is 0 Å². The van der Waals surface area contributed by atoms with E-state index in [1.54, 1.807) is 0 Å². The van der Waals surface area contributed by atoms with Crippen LogP contribution in [0.25, 0.3) is 0 Å². The summed E-state index contributed by atoms with van der Waals surface area (Å²) in [7, 11) is 2.01. The first kappa shape index (κ1) is 11.3. The number of hydrogen-bond donors (Lipinski definition) is 1. The lowest BCUT2D eigenvalue weighted by molar-refractivity contribution is 0.688. The van der Waals surface area contributed by atoms with Gasteiger partial charge in [0.25, 0.3) is 5.56 Å². The zero-order valence-corrected chi connectivity index (χ0v) is 11.3. The number of thioether (sulfide) groups is 1. The first-order valence-electron chi connectivity index (χ1n) is 4.74. The summed E-state index contributed by atoms with van der Waals surface area (Å²) >= 11 is 4.01. The Labute approximate surface area is 106 Å². The third-order valence-corrected chi connectivity index (χ3v) is 4.68. The van der Waals surface area contributed by atoms with Gasteiger partial charge >= 0.3 is 0 Å². The zero-order valence-electron chi connectivity index (χ0n) is 8.36. The third-order valence-electron chi connectivity index (χ3n) is 2.57. The van der Waals surface area contributed by atoms with Gasteiger partial charge in [-0.05, 0) is 34.8 Å². The second-order valence-corrected chi connectivity index (χ2v) is 5.73. The molecule has 0 bridgehead atoms. The van der Waals surface area contributed by atoms with Crippen molar-refractivity contribution >= 4 is 40.2 Å². The molecule has 6 heteroatoms. The molecule has 15 heavy (non-hydrogen) atoms. The molecule has 1 saturated heterocycles. The van der Waals surface area contributed by atoms with Crippen LogP contribution in [-0.2, 0) is 0 Å². The van der Waals surface area contributed by atoms with Gasteiger partial charge < -0.3 is 9.88 Å². The fourth-order valence-corrected chi connectivity index (χ4v) is 3.56. The molecule has 0 saturated carbocycles. The molecule has 1 aromatic rings. The molecular formula is C9H12IN3OS. The summed E-state index contributed by atoms with van der Waals surface area (Å²) in [5.41, 5.74) is -0.0573. The molecule has 1 N–H and O–H groups in total. The van der Waals surface area contributed by atoms with Gasteiger partial charge in [-0.25, -0.2) is 4.98 Å². The van der Waals surface area contributed by atoms with Crippen LogP contribution in [0.4, 0.5) is 5.82 Å². The molecule has 1 fully saturated rings. The Kier molecular flexibility index (Phi) is 3.55. The van der Waals surface area contributed by atoms with E-state index in [-0.39, 0.29) is 5.56 Å². The summed E-state index contributed by atoms with van der Waals surface area (Å²) in [5.74, 6) is 3.13. The highest BCUT2D eigenvalue weighted by Crippen LogP contribution is 2.25. The molecular weight excluding hydrogens is 325 g/mol. The van der Waals surface area contributed by atoms with Gasteiger partial charge in [-0.2, -0.15) is 11.8 Å². The number of halogens is 1. The predicted molar refractivity (Wildman–Crippen MR) is 71.7 cm³/mol. The van der Waals surface area contributed by atoms with Crippen molar-refractivity contribution in [2.24, 2.45) is 0 Å². The molecule has 82 valence electrons. The largest absolute Gasteiger partial charge is 0.355 e. The van der Waals surface area contributed by atoms with E-state index in [0.29, 0.717) is 9.61 Å². The Hall–Kier alpha value is -0.240. The fourth-order valence-electron chi connectivity index (χ4n) is 1.62. The summed E-state index contributed by atoms with van der Waals surface area (Å²) in [5, 5.41) is 0. The molecule has 0 spiro atoms. The minimum Gasteiger partial charge on any atom is -0.355 e. The molecule has 0 aliphatic carbocycles. The maximum absolute atomic E-state index is 11.4. The van der Waals surface area contributed by atoms with E-state index in [4.69, 9.17) is 0 Å². The maximum Gasteiger partial charge on any atom is 0.266 e. The van der Waals surface area contributed by atoms with Crippen LogP contribution in [0.1, 0.15) is 6.42 Å². The fraction of sp³-hybridized carbons (Fsp3) is 0.556. The van der Waals surface area contributed by atoms with Crippen LogP contribution in [0.2, 0.25) is 0 Å². The van der Waals surface area contributed by atoms with Crippen molar-refractivity contribution in [2.75, 3.05) is 23.5 Å². The summed E-state index contributed by atoms with van der Waals surface area (Å²) in [6, 6.07) is 0.512. The monoisotopic (exact) mass is 337 g/mol. The Balaban J connectivity index is 2.28. The minimum atomic E-state index is -0.0573. The smallest absolute Gasteiger partial charge is 0.266 e. The lowest BCUT2D eigenvalue weighted by atomic mass is 10.2. The molecule has 1 aliphatic heterocycles. The van der Waals surface area contributed by atoms with Crippen molar-refractivity contribution in [1.29, 1.82) is 0 Å². The van der Waals surface area contributed by atoms with E-state index >= 15 is 0 Å². The number of H-pyrrole nitrogens is 1. The van der Waals surface area contributed by atoms with Crippen LogP contribution in [0.15, 0.2) is 11.1 Å². The Morgan fingerprint density at radius 2 is 2.53 bits per heavy atom. The number of hydrogen-bond acceptors (Lipinski definition) is 4. The standard InChI is InChI=1S/C9H12IN3OS/c1-13(6-2-3-15-4-6)8-7(10)9(14)12-5-11-8/h5-6H,2-4H2,1H3,(H,11,12,14). The van der Waals surface area contributed by atoms with Crippen LogP contribution < -0.4 is 10.5 Å². The first-order valence-corrected chi connectivity index (χ1v) is 6.97. The topological polar surface area (TPSA) is 49.0 Å². The molecule has 0 amide bonds. The molecule has 2 heterocycles. The lowest BCUT2D eigenvalue weighted by Crippen LogP contribution is -2.34. The molecule has 1 unspecified atom stereocenters. The number of anilines is 1. The number of aromatic amines is 1. The highest BCUT2D eigenvalue weighted by atomic mass is 127. The van der Waals surface area contributed by atoms with Gasteiger partial charge in [-0.3, -0.25) is 4.79 Å². The van der Waals surface area contributed by atoms with E-state index in [2.05, 4.69) is 37.5 Å². The van der Waals surface area contributed by atoms with E-state index in [0.717, 1.165) is 11.6 Å². The van der Waals surface area contributed by atoms with Crippen LogP contribution in [-0.4, -0.2) is 34.6 Å². The minimum absolute atomic E-state index is 0.0573. The average Bonchev–Trinajstić information content (AvgIpc) is 2.74. The van der Waals surface area contributed by atoms with Crippen molar-refractivity contribution in [3.05, 3.63) is 20.3 Å². The van der Waals surface area contributed by atoms with Gasteiger partial charge in [0.1, 0.15) is 9.39 Å². The summed E-state index contributed by atoms with van der Waals surface area (Å²) in [6.07, 6.45) is 2.64. The number of aromatic nitrogens is 2. The first-order chi connectivity index (χ1) is 7.20. The lowest BCUT2D eigenvalue weighted by Gasteiger charge is -2.25. The molecule has 1 aromatic heterocycles. The van der Waals surface area contributed by atoms with Gasteiger partial charge in [-0.15, -0.1) is 0 Å². The molecule has 0 aromatic carbocycles. The SMILES string of the molecule is CN(c1nc[nH]c(=O)c1I)C1CCSC1. The van der Waals surface area contributed by atoms with Gasteiger partial charge in [-0.1, -0.05) is 0 Å². The summed E-state index contributed by atoms with van der Waals surface area (Å²) < 4.78 is 0.675. The van der Waals surface area contributed by atoms with Crippen molar-refractivity contribution < 1.29 is 0 Å². The molecule has 2 rings (SSSR count). The Morgan fingerprint density at radius 3 is 3.20 bits per heavy atom. The molecule has 4 nitrogen and oxygen atoms in total. The maximum atomic E-state index is 11.4. The second kappa shape index (κ2) is 4.73. The van der Waals surface area contributed by atoms with Gasteiger partial charge in [0.2, 0.25) is 0 Å². The van der Waals surface area contributed by atoms with Crippen molar-refractivity contribution in [1.82, 2.24) is 9.97 Å². The summed E-state index contributed by atoms with van der Waals surface area (Å²) in [4.78, 5) is 20.4. The van der Waals surface area contributed by atoms with Crippen molar-refractivity contribution in [3.63, 3.8) is 0 Å². The number of nitrogens with zero attached hydrogens (tertiary/aromatic N) is 2. The van der Waals surface area contributed by atoms with Gasteiger partial charge in [0, 0.05) is 18.8 Å². The highest BCUT2D eigenvalue weighted by molar-refractivity contribution is 14.1. The molecule has 0 radical (unpaired) electrons. The number of nitrogens with one attached hydrogen (secondary N) is 1. The van der Waals surface area contributed by atoms with Crippen LogP contribution >= 0.6 is 34.4 Å². The van der Waals surface area contributed by atoms with Crippen molar-refractivity contribution in [2.45, 2.75) is 12.5 Å². The normalized spacial score (nSPS) is 20.5. The quantitative estimate of drug-likeness (QED) is 0.827. The summed E-state index contributed by atoms with van der Waals surface area (Å²) in [6.45, 7) is 0. The molecule has 1 aliphatic rings. The van der Waals surface area contributed by atoms with E-state index in [1.807, 2.05) is 18.8 Å². The van der Waals surface area contributed by atoms with Gasteiger partial charge in [0.15, 0.2) is 0 Å². The predicted octanol–water partition coefficient (Wildman–Crippen LogP) is 1.32. The average molecular weight is 337 g/mol. The highest BCUT2D eigenvalue weighted by Gasteiger charge is 2.23. The van der Waals surface area contributed by atoms with E-state index < -0.39 is 0 Å². The molecule has 1 atom stereocenters. The zero-order chi connectivity index (χ0) is 10.8. The van der Waals surface area contributed by atoms with Crippen LogP contribution in [0.3, 0.4) is 0 Å². The van der Waals surface area contributed by atoms with Crippen LogP contribution in [0, 0.1) is 3.57 Å². The Bertz CT molecular complexity index is 403. The Morgan fingerprint density at radius 1 is 1.73 bits per heavy atom. The number of rotatable bonds is 2. The van der Waals surface area contributed by atoms with Crippen molar-refractivity contribution in [3.8, 4) is 0 Å². The van der Waals surface area contributed by atoms with E-state index in [1.165, 1.54) is 18.5 Å².